The van der Waals surface area contributed by atoms with Crippen LogP contribution in [0.15, 0.2) is 35.5 Å². The second-order valence-electron chi connectivity index (χ2n) is 4.42. The second-order valence-corrected chi connectivity index (χ2v) is 7.51. The molecule has 0 atom stereocenters. The number of thioether (sulfide) groups is 1. The highest BCUT2D eigenvalue weighted by atomic mass is 32.2. The molecule has 0 aliphatic carbocycles. The Hall–Kier alpha value is -1.58. The molecule has 21 heavy (non-hydrogen) atoms. The Morgan fingerprint density at radius 3 is 2.90 bits per heavy atom. The number of aromatic nitrogens is 3. The van der Waals surface area contributed by atoms with E-state index in [9.17, 15) is 8.42 Å². The van der Waals surface area contributed by atoms with Gasteiger partial charge >= 0.3 is 0 Å². The molecule has 0 bridgehead atoms. The molecule has 0 saturated heterocycles. The fraction of sp³-hybridized carbons (Fsp3) is 0.333. The van der Waals surface area contributed by atoms with Crippen LogP contribution in [0, 0.1) is 0 Å². The van der Waals surface area contributed by atoms with E-state index < -0.39 is 10.0 Å². The highest BCUT2D eigenvalue weighted by molar-refractivity contribution is 8.00. The highest BCUT2D eigenvalue weighted by Crippen LogP contribution is 2.20. The Morgan fingerprint density at radius 1 is 1.43 bits per heavy atom. The molecule has 0 spiro atoms. The third kappa shape index (κ3) is 5.03. The van der Waals surface area contributed by atoms with Crippen LogP contribution in [-0.4, -0.2) is 34.7 Å². The van der Waals surface area contributed by atoms with Gasteiger partial charge in [-0.3, -0.25) is 0 Å². The van der Waals surface area contributed by atoms with Crippen molar-refractivity contribution >= 4 is 27.5 Å². The van der Waals surface area contributed by atoms with E-state index in [4.69, 9.17) is 5.73 Å². The van der Waals surface area contributed by atoms with E-state index in [0.29, 0.717) is 17.3 Å². The van der Waals surface area contributed by atoms with Gasteiger partial charge in [0.15, 0.2) is 0 Å². The van der Waals surface area contributed by atoms with Crippen molar-refractivity contribution in [2.45, 2.75) is 11.4 Å². The summed E-state index contributed by atoms with van der Waals surface area (Å²) in [4.78, 5) is 0.957. The van der Waals surface area contributed by atoms with E-state index in [1.54, 1.807) is 17.7 Å². The number of anilines is 1. The molecule has 114 valence electrons. The number of nitrogens with zero attached hydrogens (tertiary/aromatic N) is 3. The number of hydrogen-bond donors (Lipinski definition) is 2. The number of nitrogens with one attached hydrogen (secondary N) is 1. The summed E-state index contributed by atoms with van der Waals surface area (Å²) in [7, 11) is -1.57. The van der Waals surface area contributed by atoms with Crippen molar-refractivity contribution in [2.24, 2.45) is 7.05 Å². The average molecular weight is 327 g/mol. The summed E-state index contributed by atoms with van der Waals surface area (Å²) < 4.78 is 28.0. The summed E-state index contributed by atoms with van der Waals surface area (Å²) in [5, 5.41) is 7.52. The van der Waals surface area contributed by atoms with Crippen LogP contribution in [0.25, 0.3) is 0 Å². The number of rotatable bonds is 7. The summed E-state index contributed by atoms with van der Waals surface area (Å²) in [6.45, 7) is 0.141. The van der Waals surface area contributed by atoms with Crippen LogP contribution >= 0.6 is 11.8 Å². The number of nitrogen functional groups attached to an aromatic ring is 1. The Balaban J connectivity index is 1.80. The molecule has 0 amide bonds. The fourth-order valence-corrected chi connectivity index (χ4v) is 3.92. The first-order chi connectivity index (χ1) is 9.96. The van der Waals surface area contributed by atoms with Gasteiger partial charge in [0.2, 0.25) is 10.0 Å². The quantitative estimate of drug-likeness (QED) is 0.570. The van der Waals surface area contributed by atoms with Crippen LogP contribution in [-0.2, 0) is 23.6 Å². The number of hydrogen-bond acceptors (Lipinski definition) is 6. The van der Waals surface area contributed by atoms with Crippen molar-refractivity contribution in [3.8, 4) is 0 Å². The predicted octanol–water partition coefficient (Wildman–Crippen LogP) is 0.609. The lowest BCUT2D eigenvalue weighted by molar-refractivity contribution is 0.579. The molecular weight excluding hydrogens is 310 g/mol. The van der Waals surface area contributed by atoms with E-state index >= 15 is 0 Å². The summed E-state index contributed by atoms with van der Waals surface area (Å²) in [5.74, 6) is 1.06. The molecular formula is C12H17N5O2S2. The van der Waals surface area contributed by atoms with Crippen molar-refractivity contribution in [1.82, 2.24) is 19.5 Å². The average Bonchev–Trinajstić information content (AvgIpc) is 2.82. The molecule has 0 unspecified atom stereocenters. The Bertz CT molecular complexity index is 699. The minimum Gasteiger partial charge on any atom is -0.399 e. The van der Waals surface area contributed by atoms with Crippen molar-refractivity contribution in [1.29, 1.82) is 0 Å². The van der Waals surface area contributed by atoms with Crippen LogP contribution in [0.4, 0.5) is 5.69 Å². The SMILES string of the molecule is Cn1cnnc1CNS(=O)(=O)CCSc1cccc(N)c1. The monoisotopic (exact) mass is 327 g/mol. The van der Waals surface area contributed by atoms with Gasteiger partial charge in [0, 0.05) is 23.4 Å². The van der Waals surface area contributed by atoms with E-state index in [0.717, 1.165) is 4.90 Å². The third-order valence-electron chi connectivity index (χ3n) is 2.73. The lowest BCUT2D eigenvalue weighted by Gasteiger charge is -2.06. The maximum atomic E-state index is 11.9. The molecule has 1 heterocycles. The molecule has 9 heteroatoms. The molecule has 2 rings (SSSR count). The van der Waals surface area contributed by atoms with Gasteiger partial charge in [-0.2, -0.15) is 0 Å². The topological polar surface area (TPSA) is 103 Å². The lowest BCUT2D eigenvalue weighted by Crippen LogP contribution is -2.28. The van der Waals surface area contributed by atoms with Crippen molar-refractivity contribution in [3.63, 3.8) is 0 Å². The maximum Gasteiger partial charge on any atom is 0.212 e. The van der Waals surface area contributed by atoms with Crippen LogP contribution in [0.2, 0.25) is 0 Å². The summed E-state index contributed by atoms with van der Waals surface area (Å²) >= 11 is 1.46. The van der Waals surface area contributed by atoms with E-state index in [-0.39, 0.29) is 12.3 Å². The van der Waals surface area contributed by atoms with Crippen molar-refractivity contribution < 1.29 is 8.42 Å². The third-order valence-corrected chi connectivity index (χ3v) is 5.31. The van der Waals surface area contributed by atoms with Gasteiger partial charge in [0.05, 0.1) is 12.3 Å². The molecule has 0 radical (unpaired) electrons. The lowest BCUT2D eigenvalue weighted by atomic mass is 10.3. The molecule has 3 N–H and O–H groups in total. The van der Waals surface area contributed by atoms with Gasteiger partial charge in [0.25, 0.3) is 0 Å². The predicted molar refractivity (Wildman–Crippen MR) is 83.2 cm³/mol. The fourth-order valence-electron chi connectivity index (χ4n) is 1.59. The second kappa shape index (κ2) is 6.92. The first-order valence-electron chi connectivity index (χ1n) is 6.25. The number of aryl methyl sites for hydroxylation is 1. The smallest absolute Gasteiger partial charge is 0.212 e. The van der Waals surface area contributed by atoms with Gasteiger partial charge in [-0.1, -0.05) is 6.07 Å². The van der Waals surface area contributed by atoms with E-state index in [2.05, 4.69) is 14.9 Å². The van der Waals surface area contributed by atoms with Crippen LogP contribution < -0.4 is 10.5 Å². The number of nitrogens with two attached hydrogens (primary N) is 1. The van der Waals surface area contributed by atoms with Crippen LogP contribution in [0.1, 0.15) is 5.82 Å². The van der Waals surface area contributed by atoms with Crippen LogP contribution in [0.5, 0.6) is 0 Å². The van der Waals surface area contributed by atoms with E-state index in [1.165, 1.54) is 18.1 Å². The Morgan fingerprint density at radius 2 is 2.24 bits per heavy atom. The summed E-state index contributed by atoms with van der Waals surface area (Å²) in [6, 6.07) is 7.37. The Kier molecular flexibility index (Phi) is 5.21. The zero-order valence-corrected chi connectivity index (χ0v) is 13.2. The normalized spacial score (nSPS) is 11.7. The number of sulfonamides is 1. The van der Waals surface area contributed by atoms with Gasteiger partial charge in [-0.05, 0) is 18.2 Å². The van der Waals surface area contributed by atoms with Gasteiger partial charge < -0.3 is 10.3 Å². The van der Waals surface area contributed by atoms with E-state index in [1.807, 2.05) is 18.2 Å². The van der Waals surface area contributed by atoms with Gasteiger partial charge in [-0.15, -0.1) is 22.0 Å². The summed E-state index contributed by atoms with van der Waals surface area (Å²) in [6.07, 6.45) is 1.53. The number of benzene rings is 1. The first kappa shape index (κ1) is 15.8. The maximum absolute atomic E-state index is 11.9. The molecule has 0 saturated carbocycles. The summed E-state index contributed by atoms with van der Waals surface area (Å²) in [5.41, 5.74) is 6.34. The molecule has 7 nitrogen and oxygen atoms in total. The minimum absolute atomic E-state index is 0.0321. The zero-order chi connectivity index (χ0) is 15.3. The van der Waals surface area contributed by atoms with Crippen molar-refractivity contribution in [3.05, 3.63) is 36.4 Å². The molecule has 1 aromatic heterocycles. The molecule has 1 aromatic carbocycles. The molecule has 0 aliphatic heterocycles. The largest absolute Gasteiger partial charge is 0.399 e. The molecule has 0 fully saturated rings. The molecule has 2 aromatic rings. The zero-order valence-electron chi connectivity index (χ0n) is 11.6. The minimum atomic E-state index is -3.34. The van der Waals surface area contributed by atoms with Crippen molar-refractivity contribution in [2.75, 3.05) is 17.2 Å². The Labute approximate surface area is 128 Å². The van der Waals surface area contributed by atoms with Gasteiger partial charge in [0.1, 0.15) is 12.2 Å². The first-order valence-corrected chi connectivity index (χ1v) is 8.88. The van der Waals surface area contributed by atoms with Crippen LogP contribution in [0.3, 0.4) is 0 Å². The highest BCUT2D eigenvalue weighted by Gasteiger charge is 2.12. The van der Waals surface area contributed by atoms with Gasteiger partial charge in [-0.25, -0.2) is 13.1 Å². The molecule has 0 aliphatic rings. The standard InChI is InChI=1S/C12H17N5O2S2/c1-17-9-14-16-12(17)8-15-21(18,19)6-5-20-11-4-2-3-10(13)7-11/h2-4,7,9,15H,5-6,8,13H2,1H3.